The van der Waals surface area contributed by atoms with Gasteiger partial charge in [0, 0.05) is 24.8 Å². The van der Waals surface area contributed by atoms with Gasteiger partial charge in [-0.25, -0.2) is 9.59 Å². The average molecular weight is 263 g/mol. The Morgan fingerprint density at radius 3 is 2.89 bits per heavy atom. The molecule has 0 radical (unpaired) electrons. The molecule has 0 aliphatic heterocycles. The van der Waals surface area contributed by atoms with Crippen molar-refractivity contribution >= 4 is 22.8 Å². The van der Waals surface area contributed by atoms with E-state index in [4.69, 9.17) is 4.42 Å². The van der Waals surface area contributed by atoms with Gasteiger partial charge in [-0.3, -0.25) is 4.57 Å². The third-order valence-electron chi connectivity index (χ3n) is 3.04. The lowest BCUT2D eigenvalue weighted by Crippen LogP contribution is -2.35. The molecule has 1 heterocycles. The maximum atomic E-state index is 11.7. The number of aryl methyl sites for hydroxylation is 1. The van der Waals surface area contributed by atoms with Gasteiger partial charge in [0.1, 0.15) is 0 Å². The van der Waals surface area contributed by atoms with E-state index in [0.717, 1.165) is 6.42 Å². The Bertz CT molecular complexity index is 657. The molecular formula is C13H17N3O3. The molecule has 1 aromatic heterocycles. The fraction of sp³-hybridized carbons (Fsp3) is 0.385. The standard InChI is InChI=1S/C13H17N3O3/c1-4-8(2)14-12(17)15-9-5-6-10-11(7-9)19-13(18)16(10)3/h5-8H,4H2,1-3H3,(H2,14,15,17). The van der Waals surface area contributed by atoms with Crippen LogP contribution >= 0.6 is 0 Å². The van der Waals surface area contributed by atoms with E-state index in [-0.39, 0.29) is 12.1 Å². The number of nitrogens with one attached hydrogen (secondary N) is 2. The first-order valence-electron chi connectivity index (χ1n) is 6.18. The Kier molecular flexibility index (Phi) is 3.59. The van der Waals surface area contributed by atoms with Crippen LogP contribution in [-0.2, 0) is 7.05 Å². The molecule has 0 fully saturated rings. The lowest BCUT2D eigenvalue weighted by molar-refractivity contribution is 0.249. The van der Waals surface area contributed by atoms with Crippen LogP contribution in [-0.4, -0.2) is 16.6 Å². The SMILES string of the molecule is CCC(C)NC(=O)Nc1ccc2c(c1)oc(=O)n2C. The van der Waals surface area contributed by atoms with Crippen LogP contribution in [0.2, 0.25) is 0 Å². The molecule has 1 atom stereocenters. The summed E-state index contributed by atoms with van der Waals surface area (Å²) in [4.78, 5) is 23.0. The highest BCUT2D eigenvalue weighted by atomic mass is 16.4. The van der Waals surface area contributed by atoms with Crippen molar-refractivity contribution in [2.24, 2.45) is 7.05 Å². The van der Waals surface area contributed by atoms with E-state index >= 15 is 0 Å². The number of benzene rings is 1. The van der Waals surface area contributed by atoms with Crippen molar-refractivity contribution in [3.8, 4) is 0 Å². The summed E-state index contributed by atoms with van der Waals surface area (Å²) >= 11 is 0. The molecule has 19 heavy (non-hydrogen) atoms. The first-order chi connectivity index (χ1) is 9.01. The Balaban J connectivity index is 2.18. The normalized spacial score (nSPS) is 12.4. The molecule has 0 aliphatic carbocycles. The lowest BCUT2D eigenvalue weighted by Gasteiger charge is -2.12. The first kappa shape index (κ1) is 13.2. The monoisotopic (exact) mass is 263 g/mol. The molecule has 1 aromatic carbocycles. The number of rotatable bonds is 3. The van der Waals surface area contributed by atoms with E-state index in [1.165, 1.54) is 4.57 Å². The maximum Gasteiger partial charge on any atom is 0.419 e. The van der Waals surface area contributed by atoms with Crippen LogP contribution in [0.25, 0.3) is 11.1 Å². The van der Waals surface area contributed by atoms with E-state index in [1.54, 1.807) is 25.2 Å². The number of aromatic nitrogens is 1. The van der Waals surface area contributed by atoms with Crippen LogP contribution in [0, 0.1) is 0 Å². The van der Waals surface area contributed by atoms with Gasteiger partial charge in [0.15, 0.2) is 5.58 Å². The Hall–Kier alpha value is -2.24. The number of hydrogen-bond donors (Lipinski definition) is 2. The Morgan fingerprint density at radius 1 is 1.47 bits per heavy atom. The quantitative estimate of drug-likeness (QED) is 0.889. The summed E-state index contributed by atoms with van der Waals surface area (Å²) in [7, 11) is 1.64. The number of carbonyl (C=O) groups is 1. The highest BCUT2D eigenvalue weighted by molar-refractivity contribution is 5.91. The molecule has 102 valence electrons. The topological polar surface area (TPSA) is 76.3 Å². The van der Waals surface area contributed by atoms with Gasteiger partial charge in [-0.15, -0.1) is 0 Å². The van der Waals surface area contributed by atoms with Crippen LogP contribution < -0.4 is 16.4 Å². The van der Waals surface area contributed by atoms with Crippen molar-refractivity contribution in [2.75, 3.05) is 5.32 Å². The van der Waals surface area contributed by atoms with Gasteiger partial charge in [-0.2, -0.15) is 0 Å². The maximum absolute atomic E-state index is 11.7. The fourth-order valence-corrected chi connectivity index (χ4v) is 1.70. The predicted molar refractivity (Wildman–Crippen MR) is 73.4 cm³/mol. The third-order valence-corrected chi connectivity index (χ3v) is 3.04. The zero-order valence-corrected chi connectivity index (χ0v) is 11.2. The second kappa shape index (κ2) is 5.17. The number of nitrogens with zero attached hydrogens (tertiary/aromatic N) is 1. The van der Waals surface area contributed by atoms with Gasteiger partial charge in [-0.05, 0) is 25.5 Å². The molecule has 6 heteroatoms. The number of anilines is 1. The minimum atomic E-state index is -0.420. The molecule has 2 amide bonds. The minimum Gasteiger partial charge on any atom is -0.408 e. The number of urea groups is 1. The summed E-state index contributed by atoms with van der Waals surface area (Å²) in [6.07, 6.45) is 0.861. The van der Waals surface area contributed by atoms with Gasteiger partial charge in [-0.1, -0.05) is 6.92 Å². The Labute approximate surface area is 110 Å². The van der Waals surface area contributed by atoms with Crippen molar-refractivity contribution in [1.29, 1.82) is 0 Å². The van der Waals surface area contributed by atoms with Crippen molar-refractivity contribution in [3.05, 3.63) is 28.7 Å². The summed E-state index contributed by atoms with van der Waals surface area (Å²) in [5.41, 5.74) is 1.73. The molecule has 0 spiro atoms. The second-order valence-corrected chi connectivity index (χ2v) is 4.52. The molecule has 0 saturated carbocycles. The molecule has 6 nitrogen and oxygen atoms in total. The average Bonchev–Trinajstić information content (AvgIpc) is 2.64. The summed E-state index contributed by atoms with van der Waals surface area (Å²) in [6, 6.07) is 4.94. The van der Waals surface area contributed by atoms with Crippen molar-refractivity contribution in [2.45, 2.75) is 26.3 Å². The summed E-state index contributed by atoms with van der Waals surface area (Å²) in [6.45, 7) is 3.93. The van der Waals surface area contributed by atoms with Crippen LogP contribution in [0.4, 0.5) is 10.5 Å². The molecule has 0 aliphatic rings. The van der Waals surface area contributed by atoms with Crippen molar-refractivity contribution in [1.82, 2.24) is 9.88 Å². The zero-order chi connectivity index (χ0) is 14.0. The number of fused-ring (bicyclic) bond motifs is 1. The van der Waals surface area contributed by atoms with Gasteiger partial charge < -0.3 is 15.1 Å². The van der Waals surface area contributed by atoms with E-state index in [1.807, 2.05) is 13.8 Å². The summed E-state index contributed by atoms with van der Waals surface area (Å²) in [5.74, 6) is -0.420. The molecule has 0 bridgehead atoms. The third kappa shape index (κ3) is 2.78. The predicted octanol–water partition coefficient (Wildman–Crippen LogP) is 2.05. The van der Waals surface area contributed by atoms with Gasteiger partial charge >= 0.3 is 11.8 Å². The van der Waals surface area contributed by atoms with Crippen molar-refractivity contribution in [3.63, 3.8) is 0 Å². The summed E-state index contributed by atoms with van der Waals surface area (Å²) < 4.78 is 6.47. The molecule has 0 saturated heterocycles. The van der Waals surface area contributed by atoms with E-state index in [0.29, 0.717) is 16.8 Å². The van der Waals surface area contributed by atoms with Crippen LogP contribution in [0.1, 0.15) is 20.3 Å². The smallest absolute Gasteiger partial charge is 0.408 e. The van der Waals surface area contributed by atoms with E-state index < -0.39 is 5.76 Å². The van der Waals surface area contributed by atoms with E-state index in [2.05, 4.69) is 10.6 Å². The van der Waals surface area contributed by atoms with Crippen LogP contribution in [0.15, 0.2) is 27.4 Å². The molecule has 2 rings (SSSR count). The van der Waals surface area contributed by atoms with Crippen molar-refractivity contribution < 1.29 is 9.21 Å². The number of oxazole rings is 1. The second-order valence-electron chi connectivity index (χ2n) is 4.52. The lowest BCUT2D eigenvalue weighted by atomic mass is 10.2. The molecular weight excluding hydrogens is 246 g/mol. The number of hydrogen-bond acceptors (Lipinski definition) is 3. The minimum absolute atomic E-state index is 0.110. The molecule has 2 N–H and O–H groups in total. The van der Waals surface area contributed by atoms with Gasteiger partial charge in [0.05, 0.1) is 5.52 Å². The highest BCUT2D eigenvalue weighted by Crippen LogP contribution is 2.17. The Morgan fingerprint density at radius 2 is 2.21 bits per heavy atom. The van der Waals surface area contributed by atoms with Gasteiger partial charge in [0.2, 0.25) is 0 Å². The van der Waals surface area contributed by atoms with E-state index in [9.17, 15) is 9.59 Å². The largest absolute Gasteiger partial charge is 0.419 e. The van der Waals surface area contributed by atoms with Crippen LogP contribution in [0.3, 0.4) is 0 Å². The van der Waals surface area contributed by atoms with Crippen LogP contribution in [0.5, 0.6) is 0 Å². The zero-order valence-electron chi connectivity index (χ0n) is 11.2. The number of carbonyl (C=O) groups excluding carboxylic acids is 1. The molecule has 1 unspecified atom stereocenters. The fourth-order valence-electron chi connectivity index (χ4n) is 1.70. The molecule has 2 aromatic rings. The number of amides is 2. The first-order valence-corrected chi connectivity index (χ1v) is 6.18. The highest BCUT2D eigenvalue weighted by Gasteiger charge is 2.09. The van der Waals surface area contributed by atoms with Gasteiger partial charge in [0.25, 0.3) is 0 Å². The summed E-state index contributed by atoms with van der Waals surface area (Å²) in [5, 5.41) is 5.50.